The quantitative estimate of drug-likeness (QED) is 0.514. The lowest BCUT2D eigenvalue weighted by molar-refractivity contribution is -0.143. The highest BCUT2D eigenvalue weighted by Crippen LogP contribution is 2.16. The number of amides is 2. The number of fused-ring (bicyclic) bond motifs is 1. The van der Waals surface area contributed by atoms with Crippen LogP contribution in [0.2, 0.25) is 0 Å². The van der Waals surface area contributed by atoms with Gasteiger partial charge in [0.2, 0.25) is 0 Å². The SMILES string of the molecule is COc1ccccc1C(=O)NC(=O)COC(=O)/C=C/c1ccc2ccccc2n1. The molecule has 0 radical (unpaired) electrons. The Morgan fingerprint density at radius 2 is 1.76 bits per heavy atom. The number of carbonyl (C=O) groups excluding carboxylic acids is 3. The van der Waals surface area contributed by atoms with Crippen molar-refractivity contribution < 1.29 is 23.9 Å². The van der Waals surface area contributed by atoms with Gasteiger partial charge in [-0.25, -0.2) is 9.78 Å². The van der Waals surface area contributed by atoms with Gasteiger partial charge in [0.05, 0.1) is 23.9 Å². The smallest absolute Gasteiger partial charge is 0.331 e. The number of rotatable bonds is 6. The summed E-state index contributed by atoms with van der Waals surface area (Å²) in [6.07, 6.45) is 2.67. The van der Waals surface area contributed by atoms with Gasteiger partial charge in [0.25, 0.3) is 11.8 Å². The number of nitrogens with zero attached hydrogens (tertiary/aromatic N) is 1. The van der Waals surface area contributed by atoms with Crippen LogP contribution in [0.25, 0.3) is 17.0 Å². The molecule has 2 amide bonds. The number of ether oxygens (including phenoxy) is 2. The number of para-hydroxylation sites is 2. The summed E-state index contributed by atoms with van der Waals surface area (Å²) in [4.78, 5) is 40.2. The van der Waals surface area contributed by atoms with E-state index in [4.69, 9.17) is 9.47 Å². The number of carbonyl (C=O) groups is 3. The molecular formula is C22H18N2O5. The van der Waals surface area contributed by atoms with Gasteiger partial charge >= 0.3 is 5.97 Å². The first-order valence-corrected chi connectivity index (χ1v) is 8.74. The highest BCUT2D eigenvalue weighted by molar-refractivity contribution is 6.06. The van der Waals surface area contributed by atoms with Crippen molar-refractivity contribution in [3.05, 3.63) is 78.0 Å². The van der Waals surface area contributed by atoms with Gasteiger partial charge in [0.15, 0.2) is 6.61 Å². The Morgan fingerprint density at radius 3 is 2.59 bits per heavy atom. The van der Waals surface area contributed by atoms with E-state index >= 15 is 0 Å². The molecule has 7 heteroatoms. The molecule has 0 bridgehead atoms. The number of pyridine rings is 1. The van der Waals surface area contributed by atoms with Gasteiger partial charge in [-0.2, -0.15) is 0 Å². The molecule has 2 aromatic carbocycles. The minimum absolute atomic E-state index is 0.206. The average Bonchev–Trinajstić information content (AvgIpc) is 2.76. The van der Waals surface area contributed by atoms with Crippen molar-refractivity contribution in [2.75, 3.05) is 13.7 Å². The maximum Gasteiger partial charge on any atom is 0.331 e. The van der Waals surface area contributed by atoms with Crippen molar-refractivity contribution >= 4 is 34.8 Å². The zero-order valence-corrected chi connectivity index (χ0v) is 15.6. The molecule has 146 valence electrons. The molecule has 0 aliphatic rings. The number of imide groups is 1. The molecule has 1 heterocycles. The summed E-state index contributed by atoms with van der Waals surface area (Å²) in [6, 6.07) is 17.7. The molecule has 7 nitrogen and oxygen atoms in total. The number of aromatic nitrogens is 1. The van der Waals surface area contributed by atoms with E-state index in [1.807, 2.05) is 30.3 Å². The monoisotopic (exact) mass is 390 g/mol. The zero-order chi connectivity index (χ0) is 20.6. The molecule has 1 N–H and O–H groups in total. The lowest BCUT2D eigenvalue weighted by Crippen LogP contribution is -2.34. The van der Waals surface area contributed by atoms with Crippen molar-refractivity contribution in [1.82, 2.24) is 10.3 Å². The van der Waals surface area contributed by atoms with Crippen molar-refractivity contribution in [2.24, 2.45) is 0 Å². The Labute approximate surface area is 167 Å². The summed E-state index contributed by atoms with van der Waals surface area (Å²) in [5, 5.41) is 3.14. The second-order valence-electron chi connectivity index (χ2n) is 5.95. The summed E-state index contributed by atoms with van der Waals surface area (Å²) in [6.45, 7) is -0.588. The molecule has 3 rings (SSSR count). The van der Waals surface area contributed by atoms with Crippen LogP contribution >= 0.6 is 0 Å². The van der Waals surface area contributed by atoms with E-state index in [1.54, 1.807) is 24.3 Å². The fourth-order valence-corrected chi connectivity index (χ4v) is 2.58. The van der Waals surface area contributed by atoms with Gasteiger partial charge in [0.1, 0.15) is 5.75 Å². The van der Waals surface area contributed by atoms with E-state index in [9.17, 15) is 14.4 Å². The number of hydrogen-bond donors (Lipinski definition) is 1. The van der Waals surface area contributed by atoms with Crippen LogP contribution in [-0.2, 0) is 14.3 Å². The van der Waals surface area contributed by atoms with E-state index in [1.165, 1.54) is 25.3 Å². The van der Waals surface area contributed by atoms with Crippen LogP contribution in [0.5, 0.6) is 5.75 Å². The summed E-state index contributed by atoms with van der Waals surface area (Å²) in [5.41, 5.74) is 1.59. The van der Waals surface area contributed by atoms with Gasteiger partial charge in [0, 0.05) is 11.5 Å². The predicted molar refractivity (Wildman–Crippen MR) is 107 cm³/mol. The summed E-state index contributed by atoms with van der Waals surface area (Å²) in [5.74, 6) is -1.77. The highest BCUT2D eigenvalue weighted by Gasteiger charge is 2.15. The lowest BCUT2D eigenvalue weighted by Gasteiger charge is -2.08. The largest absolute Gasteiger partial charge is 0.496 e. The van der Waals surface area contributed by atoms with E-state index in [-0.39, 0.29) is 5.56 Å². The molecule has 0 spiro atoms. The Balaban J connectivity index is 1.52. The molecule has 0 saturated carbocycles. The van der Waals surface area contributed by atoms with Crippen molar-refractivity contribution in [2.45, 2.75) is 0 Å². The first kappa shape index (κ1) is 19.8. The Morgan fingerprint density at radius 1 is 1.00 bits per heavy atom. The number of esters is 1. The molecule has 3 aromatic rings. The van der Waals surface area contributed by atoms with Gasteiger partial charge in [-0.3, -0.25) is 14.9 Å². The summed E-state index contributed by atoms with van der Waals surface area (Å²) < 4.78 is 9.93. The van der Waals surface area contributed by atoms with Gasteiger partial charge < -0.3 is 9.47 Å². The predicted octanol–water partition coefficient (Wildman–Crippen LogP) is 2.76. The third kappa shape index (κ3) is 5.26. The third-order valence-electron chi connectivity index (χ3n) is 3.96. The summed E-state index contributed by atoms with van der Waals surface area (Å²) in [7, 11) is 1.42. The van der Waals surface area contributed by atoms with Crippen molar-refractivity contribution in [3.63, 3.8) is 0 Å². The lowest BCUT2D eigenvalue weighted by atomic mass is 10.2. The molecule has 29 heavy (non-hydrogen) atoms. The number of hydrogen-bond acceptors (Lipinski definition) is 6. The highest BCUT2D eigenvalue weighted by atomic mass is 16.5. The van der Waals surface area contributed by atoms with Crippen LogP contribution in [0.3, 0.4) is 0 Å². The Bertz CT molecular complexity index is 1090. The molecule has 0 unspecified atom stereocenters. The third-order valence-corrected chi connectivity index (χ3v) is 3.96. The molecule has 0 atom stereocenters. The van der Waals surface area contributed by atoms with Crippen molar-refractivity contribution in [3.8, 4) is 5.75 Å². The second-order valence-corrected chi connectivity index (χ2v) is 5.95. The van der Waals surface area contributed by atoms with Crippen LogP contribution in [0, 0.1) is 0 Å². The van der Waals surface area contributed by atoms with E-state index in [2.05, 4.69) is 10.3 Å². The maximum atomic E-state index is 12.1. The second kappa shape index (κ2) is 9.27. The van der Waals surface area contributed by atoms with Gasteiger partial charge in [-0.1, -0.05) is 36.4 Å². The van der Waals surface area contributed by atoms with Crippen LogP contribution < -0.4 is 10.1 Å². The standard InChI is InChI=1S/C22H18N2O5/c1-28-19-9-5-3-7-17(19)22(27)24-20(25)14-29-21(26)13-12-16-11-10-15-6-2-4-8-18(15)23-16/h2-13H,14H2,1H3,(H,24,25,27)/b13-12+. The van der Waals surface area contributed by atoms with Crippen LogP contribution in [0.4, 0.5) is 0 Å². The van der Waals surface area contributed by atoms with Crippen LogP contribution in [-0.4, -0.2) is 36.5 Å². The minimum Gasteiger partial charge on any atom is -0.496 e. The molecule has 0 fully saturated rings. The number of methoxy groups -OCH3 is 1. The fourth-order valence-electron chi connectivity index (χ4n) is 2.58. The Hall–Kier alpha value is -4.00. The summed E-state index contributed by atoms with van der Waals surface area (Å²) >= 11 is 0. The van der Waals surface area contributed by atoms with Crippen molar-refractivity contribution in [1.29, 1.82) is 0 Å². The topological polar surface area (TPSA) is 94.6 Å². The minimum atomic E-state index is -0.744. The van der Waals surface area contributed by atoms with Gasteiger partial charge in [-0.15, -0.1) is 0 Å². The molecular weight excluding hydrogens is 372 g/mol. The Kier molecular flexibility index (Phi) is 6.32. The zero-order valence-electron chi connectivity index (χ0n) is 15.6. The van der Waals surface area contributed by atoms with Crippen LogP contribution in [0.1, 0.15) is 16.1 Å². The first-order valence-electron chi connectivity index (χ1n) is 8.74. The maximum absolute atomic E-state index is 12.1. The molecule has 0 aliphatic heterocycles. The van der Waals surface area contributed by atoms with E-state index in [0.29, 0.717) is 11.4 Å². The van der Waals surface area contributed by atoms with Crippen LogP contribution in [0.15, 0.2) is 66.7 Å². The molecule has 0 saturated heterocycles. The van der Waals surface area contributed by atoms with Gasteiger partial charge in [-0.05, 0) is 30.3 Å². The fraction of sp³-hybridized carbons (Fsp3) is 0.0909. The molecule has 1 aromatic heterocycles. The number of nitrogens with one attached hydrogen (secondary N) is 1. The molecule has 0 aliphatic carbocycles. The van der Waals surface area contributed by atoms with E-state index in [0.717, 1.165) is 10.9 Å². The normalized spacial score (nSPS) is 10.7. The van der Waals surface area contributed by atoms with E-state index < -0.39 is 24.4 Å². The average molecular weight is 390 g/mol. The first-order chi connectivity index (χ1) is 14.1. The number of benzene rings is 2.